The number of benzene rings is 1. The van der Waals surface area contributed by atoms with Gasteiger partial charge >= 0.3 is 0 Å². The van der Waals surface area contributed by atoms with E-state index in [2.05, 4.69) is 18.3 Å². The van der Waals surface area contributed by atoms with Gasteiger partial charge in [0.25, 0.3) is 0 Å². The first kappa shape index (κ1) is 13.3. The summed E-state index contributed by atoms with van der Waals surface area (Å²) in [7, 11) is 0. The van der Waals surface area contributed by atoms with Crippen molar-refractivity contribution in [3.05, 3.63) is 29.8 Å². The van der Waals surface area contributed by atoms with Gasteiger partial charge in [-0.25, -0.2) is 0 Å². The number of para-hydroxylation sites is 1. The highest BCUT2D eigenvalue weighted by Gasteiger charge is 2.26. The van der Waals surface area contributed by atoms with Crippen LogP contribution in [0.4, 0.5) is 0 Å². The zero-order chi connectivity index (χ0) is 12.8. The Hall–Kier alpha value is -1.10. The molecular weight excluding hydrogens is 230 g/mol. The molecule has 0 bridgehead atoms. The van der Waals surface area contributed by atoms with Gasteiger partial charge in [-0.3, -0.25) is 0 Å². The number of rotatable bonds is 6. The van der Waals surface area contributed by atoms with E-state index in [-0.39, 0.29) is 6.61 Å². The van der Waals surface area contributed by atoms with Gasteiger partial charge in [-0.05, 0) is 6.07 Å². The Kier molecular flexibility index (Phi) is 4.99. The van der Waals surface area contributed by atoms with Crippen LogP contribution in [-0.4, -0.2) is 38.1 Å². The summed E-state index contributed by atoms with van der Waals surface area (Å²) in [6.07, 6.45) is 0. The number of hydrogen-bond donors (Lipinski definition) is 2. The summed E-state index contributed by atoms with van der Waals surface area (Å²) in [5, 5.41) is 12.1. The molecule has 1 aliphatic heterocycles. The Morgan fingerprint density at radius 2 is 2.22 bits per heavy atom. The van der Waals surface area contributed by atoms with Gasteiger partial charge in [0.15, 0.2) is 0 Å². The molecule has 0 amide bonds. The molecule has 2 N–H and O–H groups in total. The number of hydrogen-bond acceptors (Lipinski definition) is 4. The van der Waals surface area contributed by atoms with E-state index in [4.69, 9.17) is 14.6 Å². The lowest BCUT2D eigenvalue weighted by Gasteiger charge is -2.32. The molecule has 1 heterocycles. The van der Waals surface area contributed by atoms with Crippen molar-refractivity contribution in [2.75, 3.05) is 33.0 Å². The van der Waals surface area contributed by atoms with E-state index >= 15 is 0 Å². The van der Waals surface area contributed by atoms with Gasteiger partial charge in [0.2, 0.25) is 0 Å². The number of aliphatic hydroxyl groups excluding tert-OH is 1. The van der Waals surface area contributed by atoms with Crippen molar-refractivity contribution in [2.45, 2.75) is 13.0 Å². The molecule has 4 heteroatoms. The van der Waals surface area contributed by atoms with Crippen molar-refractivity contribution in [1.82, 2.24) is 5.32 Å². The van der Waals surface area contributed by atoms with Gasteiger partial charge in [-0.15, -0.1) is 0 Å². The molecule has 0 radical (unpaired) electrons. The van der Waals surface area contributed by atoms with E-state index in [1.807, 2.05) is 18.2 Å². The van der Waals surface area contributed by atoms with Crippen molar-refractivity contribution in [3.63, 3.8) is 0 Å². The number of ether oxygens (including phenoxy) is 2. The summed E-state index contributed by atoms with van der Waals surface area (Å²) in [4.78, 5) is 0. The van der Waals surface area contributed by atoms with Crippen molar-refractivity contribution in [1.29, 1.82) is 0 Å². The monoisotopic (exact) mass is 251 g/mol. The minimum absolute atomic E-state index is 0.0799. The molecule has 2 rings (SSSR count). The molecular formula is C14H21NO3. The fourth-order valence-electron chi connectivity index (χ4n) is 2.26. The average Bonchev–Trinajstić information content (AvgIpc) is 2.41. The first-order chi connectivity index (χ1) is 8.83. The van der Waals surface area contributed by atoms with Crippen molar-refractivity contribution in [2.24, 2.45) is 5.92 Å². The second kappa shape index (κ2) is 6.73. The van der Waals surface area contributed by atoms with Crippen LogP contribution in [0.1, 0.15) is 18.5 Å². The predicted molar refractivity (Wildman–Crippen MR) is 69.7 cm³/mol. The van der Waals surface area contributed by atoms with Crippen LogP contribution in [0, 0.1) is 5.92 Å². The normalized spacial score (nSPS) is 22.3. The van der Waals surface area contributed by atoms with Crippen LogP contribution in [0.2, 0.25) is 0 Å². The van der Waals surface area contributed by atoms with Crippen LogP contribution in [0.5, 0.6) is 5.75 Å². The highest BCUT2D eigenvalue weighted by Crippen LogP contribution is 2.34. The number of fused-ring (bicyclic) bond motifs is 1. The molecule has 1 aromatic carbocycles. The van der Waals surface area contributed by atoms with E-state index in [9.17, 15) is 0 Å². The fraction of sp³-hybridized carbons (Fsp3) is 0.571. The summed E-state index contributed by atoms with van der Waals surface area (Å²) in [6, 6.07) is 8.47. The van der Waals surface area contributed by atoms with Crippen molar-refractivity contribution < 1.29 is 14.6 Å². The zero-order valence-corrected chi connectivity index (χ0v) is 10.8. The third kappa shape index (κ3) is 3.22. The summed E-state index contributed by atoms with van der Waals surface area (Å²) >= 11 is 0. The summed E-state index contributed by atoms with van der Waals surface area (Å²) in [5.74, 6) is 1.42. The van der Waals surface area contributed by atoms with Crippen molar-refractivity contribution >= 4 is 0 Å². The Balaban J connectivity index is 1.90. The minimum Gasteiger partial charge on any atom is -0.493 e. The highest BCUT2D eigenvalue weighted by atomic mass is 16.5. The van der Waals surface area contributed by atoms with Crippen LogP contribution >= 0.6 is 0 Å². The maximum Gasteiger partial charge on any atom is 0.124 e. The quantitative estimate of drug-likeness (QED) is 0.749. The van der Waals surface area contributed by atoms with Crippen LogP contribution in [0.25, 0.3) is 0 Å². The summed E-state index contributed by atoms with van der Waals surface area (Å²) < 4.78 is 11.0. The van der Waals surface area contributed by atoms with E-state index in [0.29, 0.717) is 25.2 Å². The Labute approximate surface area is 108 Å². The molecule has 0 saturated carbocycles. The van der Waals surface area contributed by atoms with Gasteiger partial charge in [0.1, 0.15) is 5.75 Å². The topological polar surface area (TPSA) is 50.7 Å². The Morgan fingerprint density at radius 1 is 1.39 bits per heavy atom. The lowest BCUT2D eigenvalue weighted by atomic mass is 9.92. The maximum absolute atomic E-state index is 8.62. The zero-order valence-electron chi connectivity index (χ0n) is 10.8. The molecule has 0 spiro atoms. The van der Waals surface area contributed by atoms with Gasteiger partial charge in [-0.1, -0.05) is 25.1 Å². The summed E-state index contributed by atoms with van der Waals surface area (Å²) in [6.45, 7) is 4.81. The van der Waals surface area contributed by atoms with E-state index < -0.39 is 0 Å². The average molecular weight is 251 g/mol. The SMILES string of the molecule is CC1COc2ccccc2C1NCCOCCO. The fourth-order valence-corrected chi connectivity index (χ4v) is 2.26. The van der Waals surface area contributed by atoms with E-state index in [1.165, 1.54) is 5.56 Å². The minimum atomic E-state index is 0.0799. The third-order valence-corrected chi connectivity index (χ3v) is 3.17. The van der Waals surface area contributed by atoms with E-state index in [1.54, 1.807) is 0 Å². The second-order valence-corrected chi connectivity index (χ2v) is 4.59. The first-order valence-electron chi connectivity index (χ1n) is 6.46. The van der Waals surface area contributed by atoms with Crippen LogP contribution in [0.15, 0.2) is 24.3 Å². The van der Waals surface area contributed by atoms with Crippen LogP contribution in [0.3, 0.4) is 0 Å². The number of nitrogens with one attached hydrogen (secondary N) is 1. The molecule has 2 atom stereocenters. The summed E-state index contributed by atoms with van der Waals surface area (Å²) in [5.41, 5.74) is 1.22. The molecule has 0 fully saturated rings. The molecule has 0 aromatic heterocycles. The standard InChI is InChI=1S/C14H21NO3/c1-11-10-18-13-5-3-2-4-12(13)14(11)15-6-8-17-9-7-16/h2-5,11,14-16H,6-10H2,1H3. The van der Waals surface area contributed by atoms with Gasteiger partial charge in [-0.2, -0.15) is 0 Å². The molecule has 4 nitrogen and oxygen atoms in total. The van der Waals surface area contributed by atoms with Crippen LogP contribution in [-0.2, 0) is 4.74 Å². The molecule has 100 valence electrons. The maximum atomic E-state index is 8.62. The Bertz CT molecular complexity index is 370. The molecule has 0 aliphatic carbocycles. The van der Waals surface area contributed by atoms with Gasteiger partial charge in [0.05, 0.1) is 26.4 Å². The second-order valence-electron chi connectivity index (χ2n) is 4.59. The van der Waals surface area contributed by atoms with Gasteiger partial charge in [0, 0.05) is 24.1 Å². The van der Waals surface area contributed by atoms with E-state index in [0.717, 1.165) is 18.9 Å². The third-order valence-electron chi connectivity index (χ3n) is 3.17. The molecule has 0 saturated heterocycles. The first-order valence-corrected chi connectivity index (χ1v) is 6.46. The smallest absolute Gasteiger partial charge is 0.124 e. The molecule has 1 aromatic rings. The molecule has 1 aliphatic rings. The largest absolute Gasteiger partial charge is 0.493 e. The van der Waals surface area contributed by atoms with Crippen molar-refractivity contribution in [3.8, 4) is 5.75 Å². The molecule has 18 heavy (non-hydrogen) atoms. The molecule has 2 unspecified atom stereocenters. The van der Waals surface area contributed by atoms with Crippen LogP contribution < -0.4 is 10.1 Å². The highest BCUT2D eigenvalue weighted by molar-refractivity contribution is 5.37. The lowest BCUT2D eigenvalue weighted by Crippen LogP contribution is -2.35. The predicted octanol–water partition coefficient (Wildman–Crippen LogP) is 1.35. The Morgan fingerprint density at radius 3 is 3.06 bits per heavy atom. The number of aliphatic hydroxyl groups is 1. The lowest BCUT2D eigenvalue weighted by molar-refractivity contribution is 0.0891. The van der Waals surface area contributed by atoms with Gasteiger partial charge < -0.3 is 19.9 Å².